The van der Waals surface area contributed by atoms with Crippen molar-refractivity contribution in [2.45, 2.75) is 51.6 Å². The summed E-state index contributed by atoms with van der Waals surface area (Å²) < 4.78 is 10.2. The molecule has 0 aliphatic carbocycles. The first-order valence-corrected chi connectivity index (χ1v) is 6.06. The third kappa shape index (κ3) is 11.8. The topological polar surface area (TPSA) is 38.7 Å². The zero-order valence-electron chi connectivity index (χ0n) is 10.2. The van der Waals surface area contributed by atoms with Crippen LogP contribution >= 0.6 is 0 Å². The van der Waals surface area contributed by atoms with E-state index in [2.05, 4.69) is 6.92 Å². The SMILES string of the molecule is CCCC(O)CCCCCOCCOC. The van der Waals surface area contributed by atoms with E-state index in [1.807, 2.05) is 0 Å². The Morgan fingerprint density at radius 3 is 2.47 bits per heavy atom. The van der Waals surface area contributed by atoms with Crippen LogP contribution in [0.5, 0.6) is 0 Å². The quantitative estimate of drug-likeness (QED) is 0.541. The molecule has 15 heavy (non-hydrogen) atoms. The van der Waals surface area contributed by atoms with Gasteiger partial charge in [-0.3, -0.25) is 0 Å². The molecule has 0 fully saturated rings. The van der Waals surface area contributed by atoms with Gasteiger partial charge < -0.3 is 14.6 Å². The van der Waals surface area contributed by atoms with Crippen LogP contribution in [0.25, 0.3) is 0 Å². The molecule has 0 aromatic carbocycles. The Balaban J connectivity index is 2.98. The Morgan fingerprint density at radius 1 is 1.00 bits per heavy atom. The molecule has 0 aromatic heterocycles. The number of hydrogen-bond acceptors (Lipinski definition) is 3. The van der Waals surface area contributed by atoms with Crippen LogP contribution in [0.4, 0.5) is 0 Å². The van der Waals surface area contributed by atoms with Gasteiger partial charge in [0.25, 0.3) is 0 Å². The predicted octanol–water partition coefficient (Wildman–Crippen LogP) is 2.37. The van der Waals surface area contributed by atoms with Crippen LogP contribution in [0.3, 0.4) is 0 Å². The van der Waals surface area contributed by atoms with Gasteiger partial charge in [0.1, 0.15) is 0 Å². The molecule has 0 rings (SSSR count). The first-order valence-electron chi connectivity index (χ1n) is 6.06. The summed E-state index contributed by atoms with van der Waals surface area (Å²) >= 11 is 0. The van der Waals surface area contributed by atoms with Crippen molar-refractivity contribution in [2.24, 2.45) is 0 Å². The average Bonchev–Trinajstić information content (AvgIpc) is 2.22. The van der Waals surface area contributed by atoms with Gasteiger partial charge in [-0.2, -0.15) is 0 Å². The highest BCUT2D eigenvalue weighted by atomic mass is 16.5. The molecule has 0 radical (unpaired) electrons. The molecule has 0 bridgehead atoms. The summed E-state index contributed by atoms with van der Waals surface area (Å²) in [6, 6.07) is 0. The maximum atomic E-state index is 9.47. The summed E-state index contributed by atoms with van der Waals surface area (Å²) in [6.07, 6.45) is 6.19. The normalized spacial score (nSPS) is 13.0. The molecule has 0 heterocycles. The molecule has 3 heteroatoms. The standard InChI is InChI=1S/C12H26O3/c1-3-7-12(13)8-5-4-6-9-15-11-10-14-2/h12-13H,3-11H2,1-2H3. The number of unbranched alkanes of at least 4 members (excludes halogenated alkanes) is 2. The van der Waals surface area contributed by atoms with Crippen molar-refractivity contribution in [3.63, 3.8) is 0 Å². The fourth-order valence-electron chi connectivity index (χ4n) is 1.48. The lowest BCUT2D eigenvalue weighted by atomic mass is 10.1. The minimum atomic E-state index is -0.0931. The van der Waals surface area contributed by atoms with E-state index in [1.54, 1.807) is 7.11 Å². The summed E-state index contributed by atoms with van der Waals surface area (Å²) in [7, 11) is 1.68. The van der Waals surface area contributed by atoms with Gasteiger partial charge in [-0.1, -0.05) is 26.2 Å². The highest BCUT2D eigenvalue weighted by Crippen LogP contribution is 2.07. The Hall–Kier alpha value is -0.120. The number of aliphatic hydroxyl groups is 1. The van der Waals surface area contributed by atoms with Crippen molar-refractivity contribution >= 4 is 0 Å². The molecule has 0 saturated carbocycles. The average molecular weight is 218 g/mol. The summed E-state index contributed by atoms with van der Waals surface area (Å²) in [5.41, 5.74) is 0. The van der Waals surface area contributed by atoms with Crippen molar-refractivity contribution < 1.29 is 14.6 Å². The van der Waals surface area contributed by atoms with Crippen LogP contribution in [0.2, 0.25) is 0 Å². The van der Waals surface area contributed by atoms with Crippen LogP contribution in [-0.2, 0) is 9.47 Å². The van der Waals surface area contributed by atoms with Gasteiger partial charge in [-0.05, 0) is 19.3 Å². The first-order chi connectivity index (χ1) is 7.31. The lowest BCUT2D eigenvalue weighted by Crippen LogP contribution is -2.06. The molecule has 0 aromatic rings. The molecule has 1 N–H and O–H groups in total. The highest BCUT2D eigenvalue weighted by molar-refractivity contribution is 4.54. The van der Waals surface area contributed by atoms with E-state index in [0.29, 0.717) is 13.2 Å². The third-order valence-corrected chi connectivity index (χ3v) is 2.38. The van der Waals surface area contributed by atoms with E-state index in [0.717, 1.165) is 45.1 Å². The van der Waals surface area contributed by atoms with E-state index >= 15 is 0 Å². The smallest absolute Gasteiger partial charge is 0.0700 e. The fraction of sp³-hybridized carbons (Fsp3) is 1.00. The van der Waals surface area contributed by atoms with Crippen LogP contribution in [0.15, 0.2) is 0 Å². The minimum absolute atomic E-state index is 0.0931. The molecule has 0 saturated heterocycles. The zero-order chi connectivity index (χ0) is 11.4. The maximum Gasteiger partial charge on any atom is 0.0700 e. The Kier molecular flexibility index (Phi) is 11.9. The summed E-state index contributed by atoms with van der Waals surface area (Å²) in [4.78, 5) is 0. The number of ether oxygens (including phenoxy) is 2. The Labute approximate surface area is 93.8 Å². The van der Waals surface area contributed by atoms with Gasteiger partial charge in [0.2, 0.25) is 0 Å². The molecule has 1 unspecified atom stereocenters. The lowest BCUT2D eigenvalue weighted by Gasteiger charge is -2.08. The zero-order valence-corrected chi connectivity index (χ0v) is 10.2. The van der Waals surface area contributed by atoms with Gasteiger partial charge >= 0.3 is 0 Å². The van der Waals surface area contributed by atoms with E-state index in [4.69, 9.17) is 9.47 Å². The summed E-state index contributed by atoms with van der Waals surface area (Å²) in [5, 5.41) is 9.47. The Morgan fingerprint density at radius 2 is 1.80 bits per heavy atom. The molecular weight excluding hydrogens is 192 g/mol. The van der Waals surface area contributed by atoms with E-state index in [-0.39, 0.29) is 6.10 Å². The molecule has 0 spiro atoms. The van der Waals surface area contributed by atoms with Gasteiger partial charge in [0.15, 0.2) is 0 Å². The summed E-state index contributed by atoms with van der Waals surface area (Å²) in [6.45, 7) is 4.28. The molecule has 0 amide bonds. The third-order valence-electron chi connectivity index (χ3n) is 2.38. The monoisotopic (exact) mass is 218 g/mol. The van der Waals surface area contributed by atoms with Gasteiger partial charge in [-0.15, -0.1) is 0 Å². The number of hydrogen-bond donors (Lipinski definition) is 1. The van der Waals surface area contributed by atoms with Crippen LogP contribution in [-0.4, -0.2) is 38.1 Å². The molecular formula is C12H26O3. The van der Waals surface area contributed by atoms with E-state index in [9.17, 15) is 5.11 Å². The van der Waals surface area contributed by atoms with Gasteiger partial charge in [0.05, 0.1) is 19.3 Å². The van der Waals surface area contributed by atoms with E-state index < -0.39 is 0 Å². The fourth-order valence-corrected chi connectivity index (χ4v) is 1.48. The van der Waals surface area contributed by atoms with Crippen LogP contribution < -0.4 is 0 Å². The van der Waals surface area contributed by atoms with Crippen molar-refractivity contribution in [1.82, 2.24) is 0 Å². The number of aliphatic hydroxyl groups excluding tert-OH is 1. The molecule has 0 aliphatic heterocycles. The molecule has 0 aliphatic rings. The van der Waals surface area contributed by atoms with Gasteiger partial charge in [0, 0.05) is 13.7 Å². The first kappa shape index (κ1) is 14.9. The van der Waals surface area contributed by atoms with Crippen molar-refractivity contribution in [3.05, 3.63) is 0 Å². The summed E-state index contributed by atoms with van der Waals surface area (Å²) in [5.74, 6) is 0. The highest BCUT2D eigenvalue weighted by Gasteiger charge is 2.01. The Bertz CT molecular complexity index is 117. The molecule has 92 valence electrons. The minimum Gasteiger partial charge on any atom is -0.393 e. The number of rotatable bonds is 11. The maximum absolute atomic E-state index is 9.47. The molecule has 3 nitrogen and oxygen atoms in total. The lowest BCUT2D eigenvalue weighted by molar-refractivity contribution is 0.0679. The second kappa shape index (κ2) is 12.0. The second-order valence-corrected chi connectivity index (χ2v) is 3.90. The second-order valence-electron chi connectivity index (χ2n) is 3.90. The van der Waals surface area contributed by atoms with E-state index in [1.165, 1.54) is 0 Å². The van der Waals surface area contributed by atoms with Gasteiger partial charge in [-0.25, -0.2) is 0 Å². The van der Waals surface area contributed by atoms with Crippen molar-refractivity contribution in [1.29, 1.82) is 0 Å². The molecule has 1 atom stereocenters. The largest absolute Gasteiger partial charge is 0.393 e. The van der Waals surface area contributed by atoms with Crippen LogP contribution in [0, 0.1) is 0 Å². The number of methoxy groups -OCH3 is 1. The van der Waals surface area contributed by atoms with Crippen molar-refractivity contribution in [3.8, 4) is 0 Å². The predicted molar refractivity (Wildman–Crippen MR) is 62.1 cm³/mol. The van der Waals surface area contributed by atoms with Crippen LogP contribution in [0.1, 0.15) is 45.4 Å². The van der Waals surface area contributed by atoms with Crippen molar-refractivity contribution in [2.75, 3.05) is 26.9 Å².